The molecule has 5 nitrogen and oxygen atoms in total. The average Bonchev–Trinajstić information content (AvgIpc) is 2.67. The summed E-state index contributed by atoms with van der Waals surface area (Å²) < 4.78 is 5.55. The quantitative estimate of drug-likeness (QED) is 0.520. The highest BCUT2D eigenvalue weighted by Crippen LogP contribution is 2.40. The summed E-state index contributed by atoms with van der Waals surface area (Å²) >= 11 is 11.8. The van der Waals surface area contributed by atoms with Gasteiger partial charge in [-0.25, -0.2) is 5.43 Å². The summed E-state index contributed by atoms with van der Waals surface area (Å²) in [6.45, 7) is 6.42. The summed E-state index contributed by atoms with van der Waals surface area (Å²) in [5.41, 5.74) is 6.92. The van der Waals surface area contributed by atoms with Crippen molar-refractivity contribution in [2.45, 2.75) is 26.3 Å². The third kappa shape index (κ3) is 4.26. The van der Waals surface area contributed by atoms with Crippen LogP contribution in [0.2, 0.25) is 10.0 Å². The van der Waals surface area contributed by atoms with Crippen molar-refractivity contribution in [2.24, 2.45) is 5.10 Å². The van der Waals surface area contributed by atoms with E-state index in [4.69, 9.17) is 27.9 Å². The fourth-order valence-electron chi connectivity index (χ4n) is 3.33. The number of halogens is 2. The van der Waals surface area contributed by atoms with Crippen LogP contribution in [-0.2, 0) is 0 Å². The Labute approximate surface area is 180 Å². The second kappa shape index (κ2) is 8.09. The van der Waals surface area contributed by atoms with Gasteiger partial charge in [0.25, 0.3) is 5.91 Å². The van der Waals surface area contributed by atoms with Crippen molar-refractivity contribution in [1.82, 2.24) is 5.43 Å². The maximum absolute atomic E-state index is 12.3. The molecule has 3 rings (SSSR count). The molecule has 0 aromatic heterocycles. The topological polar surface area (TPSA) is 53.9 Å². The lowest BCUT2D eigenvalue weighted by atomic mass is 9.88. The molecule has 2 aromatic rings. The van der Waals surface area contributed by atoms with Crippen LogP contribution in [0.4, 0.5) is 5.69 Å². The van der Waals surface area contributed by atoms with Gasteiger partial charge in [-0.05, 0) is 50.6 Å². The number of carbonyl (C=O) groups is 1. The number of likely N-dealkylation sites (N-methyl/N-ethyl adjacent to an activating group) is 1. The maximum atomic E-state index is 12.3. The molecule has 0 aliphatic carbocycles. The van der Waals surface area contributed by atoms with Crippen LogP contribution >= 0.6 is 23.2 Å². The largest absolute Gasteiger partial charge is 0.496 e. The third-order valence-corrected chi connectivity index (χ3v) is 5.86. The molecule has 0 spiro atoms. The second-order valence-electron chi connectivity index (χ2n) is 7.48. The van der Waals surface area contributed by atoms with Crippen LogP contribution in [0.15, 0.2) is 41.5 Å². The minimum atomic E-state index is -0.380. The van der Waals surface area contributed by atoms with E-state index in [0.29, 0.717) is 21.4 Å². The van der Waals surface area contributed by atoms with Crippen LogP contribution in [0, 0.1) is 0 Å². The van der Waals surface area contributed by atoms with Crippen LogP contribution in [0.5, 0.6) is 5.75 Å². The molecule has 0 radical (unpaired) electrons. The number of hydrogen-bond acceptors (Lipinski definition) is 4. The number of amides is 1. The van der Waals surface area contributed by atoms with Gasteiger partial charge in [-0.3, -0.25) is 4.79 Å². The standard InChI is InChI=1S/C22H23Cl2N3O2/c1-13-11-22(2,3)27(4)19-10-20(29-5)15(8-16(13)19)12-25-26-21(28)14-6-7-17(23)18(24)9-14/h6-12H,1-5H3,(H,26,28)/b25-12-. The van der Waals surface area contributed by atoms with E-state index in [0.717, 1.165) is 16.8 Å². The Balaban J connectivity index is 1.87. The monoisotopic (exact) mass is 431 g/mol. The Kier molecular flexibility index (Phi) is 5.92. The molecule has 29 heavy (non-hydrogen) atoms. The number of hydrogen-bond donors (Lipinski definition) is 1. The predicted octanol–water partition coefficient (Wildman–Crippen LogP) is 5.40. The SMILES string of the molecule is COc1cc2c(cc1/C=N\NC(=O)c1ccc(Cl)c(Cl)c1)C(C)=CC(C)(C)N2C. The molecular formula is C22H23Cl2N3O2. The number of ether oxygens (including phenoxy) is 1. The zero-order valence-corrected chi connectivity index (χ0v) is 18.5. The summed E-state index contributed by atoms with van der Waals surface area (Å²) in [4.78, 5) is 14.5. The highest BCUT2D eigenvalue weighted by atomic mass is 35.5. The number of nitrogens with zero attached hydrogens (tertiary/aromatic N) is 2. The van der Waals surface area contributed by atoms with Crippen molar-refractivity contribution < 1.29 is 9.53 Å². The highest BCUT2D eigenvalue weighted by Gasteiger charge is 2.29. The third-order valence-electron chi connectivity index (χ3n) is 5.12. The predicted molar refractivity (Wildman–Crippen MR) is 121 cm³/mol. The number of methoxy groups -OCH3 is 1. The lowest BCUT2D eigenvalue weighted by molar-refractivity contribution is 0.0955. The first-order valence-electron chi connectivity index (χ1n) is 9.08. The molecule has 1 amide bonds. The van der Waals surface area contributed by atoms with Gasteiger partial charge in [0.15, 0.2) is 0 Å². The van der Waals surface area contributed by atoms with Gasteiger partial charge in [0, 0.05) is 35.5 Å². The van der Waals surface area contributed by atoms with E-state index in [9.17, 15) is 4.79 Å². The number of benzene rings is 2. The van der Waals surface area contributed by atoms with Crippen LogP contribution in [0.1, 0.15) is 42.3 Å². The van der Waals surface area contributed by atoms with Crippen LogP contribution in [0.25, 0.3) is 5.57 Å². The molecule has 2 aromatic carbocycles. The van der Waals surface area contributed by atoms with Gasteiger partial charge in [0.1, 0.15) is 5.75 Å². The van der Waals surface area contributed by atoms with Gasteiger partial charge in [0.2, 0.25) is 0 Å². The molecule has 0 unspecified atom stereocenters. The van der Waals surface area contributed by atoms with Crippen molar-refractivity contribution in [3.63, 3.8) is 0 Å². The average molecular weight is 432 g/mol. The number of fused-ring (bicyclic) bond motifs is 1. The lowest BCUT2D eigenvalue weighted by Crippen LogP contribution is -2.42. The van der Waals surface area contributed by atoms with Gasteiger partial charge < -0.3 is 9.64 Å². The Morgan fingerprint density at radius 2 is 1.93 bits per heavy atom. The van der Waals surface area contributed by atoms with Crippen LogP contribution in [0.3, 0.4) is 0 Å². The molecular weight excluding hydrogens is 409 g/mol. The molecule has 0 saturated heterocycles. The second-order valence-corrected chi connectivity index (χ2v) is 8.29. The van der Waals surface area contributed by atoms with Crippen molar-refractivity contribution in [2.75, 3.05) is 19.1 Å². The first-order valence-corrected chi connectivity index (χ1v) is 9.84. The van der Waals surface area contributed by atoms with Crippen molar-refractivity contribution in [3.05, 3.63) is 63.1 Å². The fourth-order valence-corrected chi connectivity index (χ4v) is 3.63. The number of carbonyl (C=O) groups excluding carboxylic acids is 1. The lowest BCUT2D eigenvalue weighted by Gasteiger charge is -2.40. The number of nitrogens with one attached hydrogen (secondary N) is 1. The minimum Gasteiger partial charge on any atom is -0.496 e. The van der Waals surface area contributed by atoms with Crippen molar-refractivity contribution in [1.29, 1.82) is 0 Å². The summed E-state index contributed by atoms with van der Waals surface area (Å²) in [5.74, 6) is 0.294. The molecule has 0 bridgehead atoms. The zero-order chi connectivity index (χ0) is 21.3. The molecule has 0 saturated carbocycles. The van der Waals surface area contributed by atoms with E-state index in [1.54, 1.807) is 25.5 Å². The first kappa shape index (κ1) is 21.2. The van der Waals surface area contributed by atoms with Crippen molar-refractivity contribution in [3.8, 4) is 5.75 Å². The molecule has 152 valence electrons. The summed E-state index contributed by atoms with van der Waals surface area (Å²) in [6, 6.07) is 8.67. The van der Waals surface area contributed by atoms with Gasteiger partial charge in [0.05, 0.1) is 28.9 Å². The Bertz CT molecular complexity index is 1030. The highest BCUT2D eigenvalue weighted by molar-refractivity contribution is 6.42. The van der Waals surface area contributed by atoms with E-state index >= 15 is 0 Å². The maximum Gasteiger partial charge on any atom is 0.271 e. The molecule has 1 heterocycles. The summed E-state index contributed by atoms with van der Waals surface area (Å²) in [7, 11) is 3.68. The molecule has 0 atom stereocenters. The molecule has 1 N–H and O–H groups in total. The fraction of sp³-hybridized carbons (Fsp3) is 0.273. The minimum absolute atomic E-state index is 0.0917. The number of rotatable bonds is 4. The van der Waals surface area contributed by atoms with Crippen LogP contribution in [-0.4, -0.2) is 31.8 Å². The summed E-state index contributed by atoms with van der Waals surface area (Å²) in [6.07, 6.45) is 3.80. The van der Waals surface area contributed by atoms with Gasteiger partial charge in [-0.1, -0.05) is 29.3 Å². The van der Waals surface area contributed by atoms with Gasteiger partial charge in [-0.2, -0.15) is 5.10 Å². The zero-order valence-electron chi connectivity index (χ0n) is 17.0. The molecule has 0 fully saturated rings. The first-order chi connectivity index (χ1) is 13.6. The van der Waals surface area contributed by atoms with E-state index < -0.39 is 0 Å². The molecule has 1 aliphatic heterocycles. The molecule has 1 aliphatic rings. The molecule has 7 heteroatoms. The van der Waals surface area contributed by atoms with E-state index in [1.165, 1.54) is 11.6 Å². The smallest absolute Gasteiger partial charge is 0.271 e. The Morgan fingerprint density at radius 1 is 1.21 bits per heavy atom. The van der Waals surface area contributed by atoms with Gasteiger partial charge >= 0.3 is 0 Å². The van der Waals surface area contributed by atoms with E-state index in [1.807, 2.05) is 12.1 Å². The Morgan fingerprint density at radius 3 is 2.59 bits per heavy atom. The van der Waals surface area contributed by atoms with Gasteiger partial charge in [-0.15, -0.1) is 0 Å². The Hall–Kier alpha value is -2.50. The van der Waals surface area contributed by atoms with Crippen molar-refractivity contribution >= 4 is 46.6 Å². The number of anilines is 1. The number of hydrazone groups is 1. The van der Waals surface area contributed by atoms with E-state index in [-0.39, 0.29) is 11.4 Å². The normalized spacial score (nSPS) is 15.1. The van der Waals surface area contributed by atoms with Crippen LogP contribution < -0.4 is 15.1 Å². The number of allylic oxidation sites excluding steroid dienone is 1. The van der Waals surface area contributed by atoms with E-state index in [2.05, 4.69) is 49.3 Å². The summed E-state index contributed by atoms with van der Waals surface area (Å²) in [5, 5.41) is 4.79.